The van der Waals surface area contributed by atoms with Gasteiger partial charge < -0.3 is 10.2 Å². The Morgan fingerprint density at radius 3 is 2.61 bits per heavy atom. The van der Waals surface area contributed by atoms with Crippen molar-refractivity contribution in [3.05, 3.63) is 0 Å². The Hall–Kier alpha value is -0.0800. The van der Waals surface area contributed by atoms with Crippen LogP contribution in [-0.4, -0.2) is 37.1 Å². The molecule has 2 aliphatic heterocycles. The molecule has 0 saturated carbocycles. The number of likely N-dealkylation sites (tertiary alicyclic amines) is 1. The fourth-order valence-corrected chi connectivity index (χ4v) is 3.40. The highest BCUT2D eigenvalue weighted by Gasteiger charge is 2.27. The van der Waals surface area contributed by atoms with Crippen molar-refractivity contribution in [1.29, 1.82) is 0 Å². The van der Waals surface area contributed by atoms with Crippen LogP contribution in [0.4, 0.5) is 0 Å². The average molecular weight is 252 g/mol. The van der Waals surface area contributed by atoms with Gasteiger partial charge in [0.25, 0.3) is 0 Å². The van der Waals surface area contributed by atoms with Crippen molar-refractivity contribution < 1.29 is 0 Å². The number of rotatable bonds is 5. The summed E-state index contributed by atoms with van der Waals surface area (Å²) in [7, 11) is 0. The zero-order chi connectivity index (χ0) is 12.8. The van der Waals surface area contributed by atoms with Gasteiger partial charge in [-0.05, 0) is 70.1 Å². The maximum absolute atomic E-state index is 3.66. The molecular formula is C16H32N2. The van der Waals surface area contributed by atoms with Crippen LogP contribution in [-0.2, 0) is 0 Å². The normalized spacial score (nSPS) is 29.3. The highest BCUT2D eigenvalue weighted by molar-refractivity contribution is 4.81. The lowest BCUT2D eigenvalue weighted by Crippen LogP contribution is -2.39. The number of hydrogen-bond donors (Lipinski definition) is 1. The van der Waals surface area contributed by atoms with E-state index in [0.29, 0.717) is 5.41 Å². The van der Waals surface area contributed by atoms with Crippen molar-refractivity contribution >= 4 is 0 Å². The number of piperidine rings is 2. The predicted octanol–water partition coefficient (Wildman–Crippen LogP) is 3.42. The van der Waals surface area contributed by atoms with Crippen LogP contribution in [0.25, 0.3) is 0 Å². The maximum atomic E-state index is 3.66. The quantitative estimate of drug-likeness (QED) is 0.806. The van der Waals surface area contributed by atoms with Gasteiger partial charge in [0.15, 0.2) is 0 Å². The molecule has 2 fully saturated rings. The molecule has 18 heavy (non-hydrogen) atoms. The topological polar surface area (TPSA) is 15.3 Å². The Bertz CT molecular complexity index is 225. The second-order valence-corrected chi connectivity index (χ2v) is 6.79. The van der Waals surface area contributed by atoms with E-state index in [9.17, 15) is 0 Å². The molecule has 2 saturated heterocycles. The van der Waals surface area contributed by atoms with Gasteiger partial charge >= 0.3 is 0 Å². The van der Waals surface area contributed by atoms with Crippen molar-refractivity contribution in [2.45, 2.75) is 71.3 Å². The summed E-state index contributed by atoms with van der Waals surface area (Å²) < 4.78 is 0. The minimum absolute atomic E-state index is 0.640. The maximum Gasteiger partial charge on any atom is 0.00675 e. The van der Waals surface area contributed by atoms with E-state index in [0.717, 1.165) is 6.04 Å². The van der Waals surface area contributed by atoms with Crippen molar-refractivity contribution in [3.63, 3.8) is 0 Å². The molecule has 2 nitrogen and oxygen atoms in total. The molecule has 2 heteroatoms. The molecule has 1 atom stereocenters. The second-order valence-electron chi connectivity index (χ2n) is 6.79. The Morgan fingerprint density at radius 1 is 1.22 bits per heavy atom. The van der Waals surface area contributed by atoms with Gasteiger partial charge in [0.2, 0.25) is 0 Å². The van der Waals surface area contributed by atoms with E-state index in [-0.39, 0.29) is 0 Å². The van der Waals surface area contributed by atoms with E-state index in [1.54, 1.807) is 0 Å². The summed E-state index contributed by atoms with van der Waals surface area (Å²) in [5.74, 6) is 0. The van der Waals surface area contributed by atoms with E-state index in [1.165, 1.54) is 77.5 Å². The molecule has 0 aliphatic carbocycles. The molecule has 0 aromatic carbocycles. The molecule has 2 aliphatic rings. The third kappa shape index (κ3) is 4.24. The lowest BCUT2D eigenvalue weighted by Gasteiger charge is -2.39. The van der Waals surface area contributed by atoms with Crippen LogP contribution in [0.2, 0.25) is 0 Å². The van der Waals surface area contributed by atoms with Crippen LogP contribution >= 0.6 is 0 Å². The van der Waals surface area contributed by atoms with Crippen LogP contribution in [0.15, 0.2) is 0 Å². The van der Waals surface area contributed by atoms with Crippen LogP contribution in [0, 0.1) is 5.41 Å². The van der Waals surface area contributed by atoms with Crippen LogP contribution in [0.1, 0.15) is 65.2 Å². The van der Waals surface area contributed by atoms with Crippen LogP contribution in [0.5, 0.6) is 0 Å². The van der Waals surface area contributed by atoms with Gasteiger partial charge in [-0.2, -0.15) is 0 Å². The minimum atomic E-state index is 0.640. The van der Waals surface area contributed by atoms with Crippen molar-refractivity contribution in [3.8, 4) is 0 Å². The second kappa shape index (κ2) is 6.91. The SMILES string of the molecule is CCC1(C)CCN(CCCC2CCCCN2)CC1. The lowest BCUT2D eigenvalue weighted by molar-refractivity contribution is 0.112. The van der Waals surface area contributed by atoms with Gasteiger partial charge in [0.1, 0.15) is 0 Å². The number of hydrogen-bond acceptors (Lipinski definition) is 2. The van der Waals surface area contributed by atoms with E-state index in [1.807, 2.05) is 0 Å². The van der Waals surface area contributed by atoms with Gasteiger partial charge in [-0.1, -0.05) is 26.7 Å². The van der Waals surface area contributed by atoms with Gasteiger partial charge in [-0.3, -0.25) is 0 Å². The molecule has 0 aromatic rings. The Kier molecular flexibility index (Phi) is 5.50. The first-order valence-electron chi connectivity index (χ1n) is 8.18. The molecule has 0 bridgehead atoms. The zero-order valence-electron chi connectivity index (χ0n) is 12.5. The summed E-state index contributed by atoms with van der Waals surface area (Å²) in [6.07, 6.45) is 11.2. The third-order valence-electron chi connectivity index (χ3n) is 5.36. The van der Waals surface area contributed by atoms with Crippen molar-refractivity contribution in [2.24, 2.45) is 5.41 Å². The lowest BCUT2D eigenvalue weighted by atomic mass is 9.78. The number of nitrogens with one attached hydrogen (secondary N) is 1. The molecule has 1 unspecified atom stereocenters. The molecule has 0 aromatic heterocycles. The van der Waals surface area contributed by atoms with Gasteiger partial charge in [-0.25, -0.2) is 0 Å². The van der Waals surface area contributed by atoms with Gasteiger partial charge in [-0.15, -0.1) is 0 Å². The van der Waals surface area contributed by atoms with Crippen molar-refractivity contribution in [1.82, 2.24) is 10.2 Å². The summed E-state index contributed by atoms with van der Waals surface area (Å²) in [5, 5.41) is 3.66. The zero-order valence-corrected chi connectivity index (χ0v) is 12.5. The number of nitrogens with zero attached hydrogens (tertiary/aromatic N) is 1. The van der Waals surface area contributed by atoms with Crippen molar-refractivity contribution in [2.75, 3.05) is 26.2 Å². The molecule has 106 valence electrons. The summed E-state index contributed by atoms with van der Waals surface area (Å²) >= 11 is 0. The molecule has 1 N–H and O–H groups in total. The predicted molar refractivity (Wildman–Crippen MR) is 78.9 cm³/mol. The minimum Gasteiger partial charge on any atom is -0.314 e. The van der Waals surface area contributed by atoms with Crippen LogP contribution in [0.3, 0.4) is 0 Å². The summed E-state index contributed by atoms with van der Waals surface area (Å²) in [6.45, 7) is 10.1. The third-order valence-corrected chi connectivity index (χ3v) is 5.36. The molecule has 0 radical (unpaired) electrons. The highest BCUT2D eigenvalue weighted by atomic mass is 15.1. The average Bonchev–Trinajstić information content (AvgIpc) is 2.42. The fourth-order valence-electron chi connectivity index (χ4n) is 3.40. The summed E-state index contributed by atoms with van der Waals surface area (Å²) in [4.78, 5) is 2.69. The summed E-state index contributed by atoms with van der Waals surface area (Å²) in [5.41, 5.74) is 0.640. The fraction of sp³-hybridized carbons (Fsp3) is 1.00. The summed E-state index contributed by atoms with van der Waals surface area (Å²) in [6, 6.07) is 0.824. The molecule has 0 spiro atoms. The largest absolute Gasteiger partial charge is 0.314 e. The van der Waals surface area contributed by atoms with Crippen LogP contribution < -0.4 is 5.32 Å². The van der Waals surface area contributed by atoms with Gasteiger partial charge in [0.05, 0.1) is 0 Å². The molecule has 2 rings (SSSR count). The first kappa shape index (κ1) is 14.3. The highest BCUT2D eigenvalue weighted by Crippen LogP contribution is 2.33. The Balaban J connectivity index is 1.57. The first-order chi connectivity index (χ1) is 8.72. The first-order valence-corrected chi connectivity index (χ1v) is 8.18. The van der Waals surface area contributed by atoms with E-state index in [4.69, 9.17) is 0 Å². The monoisotopic (exact) mass is 252 g/mol. The molecular weight excluding hydrogens is 220 g/mol. The van der Waals surface area contributed by atoms with Gasteiger partial charge in [0, 0.05) is 6.04 Å². The standard InChI is InChI=1S/C16H32N2/c1-3-16(2)9-13-18(14-10-16)12-6-8-15-7-4-5-11-17-15/h15,17H,3-14H2,1-2H3. The molecule has 0 amide bonds. The van der Waals surface area contributed by atoms with E-state index >= 15 is 0 Å². The molecule has 2 heterocycles. The Morgan fingerprint density at radius 2 is 2.00 bits per heavy atom. The smallest absolute Gasteiger partial charge is 0.00675 e. The van der Waals surface area contributed by atoms with E-state index < -0.39 is 0 Å². The van der Waals surface area contributed by atoms with E-state index in [2.05, 4.69) is 24.1 Å². The Labute approximate surface area is 114 Å².